The molecule has 1 N–H and O–H groups in total. The van der Waals surface area contributed by atoms with Crippen molar-refractivity contribution in [1.82, 2.24) is 9.80 Å². The second-order valence-electron chi connectivity index (χ2n) is 8.33. The number of anilines is 1. The van der Waals surface area contributed by atoms with Crippen molar-refractivity contribution in [2.75, 3.05) is 58.4 Å². The number of hydrogen-bond donors (Lipinski definition) is 1. The Bertz CT molecular complexity index is 1000. The van der Waals surface area contributed by atoms with Gasteiger partial charge in [-0.3, -0.25) is 19.3 Å². The van der Waals surface area contributed by atoms with Crippen LogP contribution in [-0.2, 0) is 19.1 Å². The monoisotopic (exact) mass is 487 g/mol. The van der Waals surface area contributed by atoms with Gasteiger partial charge in [0.05, 0.1) is 38.3 Å². The van der Waals surface area contributed by atoms with Crippen molar-refractivity contribution in [2.45, 2.75) is 20.8 Å². The first-order valence-electron chi connectivity index (χ1n) is 11.5. The van der Waals surface area contributed by atoms with E-state index in [0.29, 0.717) is 50.0 Å². The zero-order valence-corrected chi connectivity index (χ0v) is 21.1. The van der Waals surface area contributed by atoms with Gasteiger partial charge < -0.3 is 19.7 Å². The Balaban J connectivity index is 1.84. The van der Waals surface area contributed by atoms with Gasteiger partial charge in [-0.2, -0.15) is 0 Å². The number of hydrogen-bond acceptors (Lipinski definition) is 7. The number of rotatable bonds is 9. The van der Waals surface area contributed by atoms with Gasteiger partial charge in [0.25, 0.3) is 5.91 Å². The van der Waals surface area contributed by atoms with Gasteiger partial charge in [0.2, 0.25) is 5.91 Å². The first kappa shape index (κ1) is 25.9. The Morgan fingerprint density at radius 3 is 2.50 bits per heavy atom. The second kappa shape index (κ2) is 12.1. The number of thiophene rings is 1. The van der Waals surface area contributed by atoms with E-state index in [0.717, 1.165) is 16.0 Å². The van der Waals surface area contributed by atoms with E-state index in [2.05, 4.69) is 5.32 Å². The number of nitrogens with one attached hydrogen (secondary N) is 1. The van der Waals surface area contributed by atoms with Gasteiger partial charge in [-0.25, -0.2) is 0 Å². The molecule has 8 nitrogen and oxygen atoms in total. The summed E-state index contributed by atoms with van der Waals surface area (Å²) in [4.78, 5) is 42.9. The van der Waals surface area contributed by atoms with Gasteiger partial charge in [-0.1, -0.05) is 44.2 Å². The third kappa shape index (κ3) is 6.22. The number of nitrogens with zero attached hydrogens (tertiary/aromatic N) is 2. The zero-order valence-electron chi connectivity index (χ0n) is 20.3. The van der Waals surface area contributed by atoms with Crippen LogP contribution in [0.4, 0.5) is 5.00 Å². The Morgan fingerprint density at radius 1 is 1.21 bits per heavy atom. The van der Waals surface area contributed by atoms with Crippen LogP contribution >= 0.6 is 11.3 Å². The van der Waals surface area contributed by atoms with E-state index in [-0.39, 0.29) is 30.2 Å². The fraction of sp³-hybridized carbons (Fsp3) is 0.480. The smallest absolute Gasteiger partial charge is 0.309 e. The van der Waals surface area contributed by atoms with Crippen molar-refractivity contribution < 1.29 is 23.9 Å². The summed E-state index contributed by atoms with van der Waals surface area (Å²) in [5.74, 6) is -0.972. The van der Waals surface area contributed by atoms with Crippen molar-refractivity contribution in [3.05, 3.63) is 41.5 Å². The molecule has 0 radical (unpaired) electrons. The Morgan fingerprint density at radius 2 is 1.88 bits per heavy atom. The summed E-state index contributed by atoms with van der Waals surface area (Å²) in [7, 11) is 1.36. The number of benzene rings is 1. The SMILES string of the molecule is CCN(CC(=O)Nc1sc(-c2ccccc2)c(C)c1C(=O)N1CCOCC1)CC(C)C(=O)OC. The maximum Gasteiger partial charge on any atom is 0.309 e. The van der Waals surface area contributed by atoms with Crippen LogP contribution in [0.5, 0.6) is 0 Å². The molecular weight excluding hydrogens is 454 g/mol. The lowest BCUT2D eigenvalue weighted by Gasteiger charge is -2.27. The normalized spacial score (nSPS) is 14.7. The summed E-state index contributed by atoms with van der Waals surface area (Å²) < 4.78 is 10.2. The zero-order chi connectivity index (χ0) is 24.7. The van der Waals surface area contributed by atoms with Crippen LogP contribution in [0.1, 0.15) is 29.8 Å². The number of likely N-dealkylation sites (N-methyl/N-ethyl adjacent to an activating group) is 1. The van der Waals surface area contributed by atoms with Crippen LogP contribution in [0.15, 0.2) is 30.3 Å². The lowest BCUT2D eigenvalue weighted by molar-refractivity contribution is -0.145. The fourth-order valence-corrected chi connectivity index (χ4v) is 5.21. The summed E-state index contributed by atoms with van der Waals surface area (Å²) in [6.45, 7) is 8.83. The third-order valence-electron chi connectivity index (χ3n) is 5.90. The van der Waals surface area contributed by atoms with Gasteiger partial charge in [0.1, 0.15) is 5.00 Å². The molecule has 0 aliphatic carbocycles. The number of esters is 1. The molecule has 1 fully saturated rings. The van der Waals surface area contributed by atoms with Crippen molar-refractivity contribution in [1.29, 1.82) is 0 Å². The minimum absolute atomic E-state index is 0.0961. The van der Waals surface area contributed by atoms with Gasteiger partial charge >= 0.3 is 5.97 Å². The summed E-state index contributed by atoms with van der Waals surface area (Å²) in [6.07, 6.45) is 0. The van der Waals surface area contributed by atoms with Crippen molar-refractivity contribution >= 4 is 34.1 Å². The Hall–Kier alpha value is -2.75. The van der Waals surface area contributed by atoms with Crippen LogP contribution in [0.25, 0.3) is 10.4 Å². The summed E-state index contributed by atoms with van der Waals surface area (Å²) >= 11 is 1.41. The number of carbonyl (C=O) groups is 3. The molecule has 34 heavy (non-hydrogen) atoms. The number of amides is 2. The number of carbonyl (C=O) groups excluding carboxylic acids is 3. The van der Waals surface area contributed by atoms with E-state index >= 15 is 0 Å². The van der Waals surface area contributed by atoms with E-state index < -0.39 is 0 Å². The minimum atomic E-state index is -0.343. The molecule has 0 saturated carbocycles. The highest BCUT2D eigenvalue weighted by Gasteiger charge is 2.28. The first-order chi connectivity index (χ1) is 16.3. The van der Waals surface area contributed by atoms with Crippen molar-refractivity contribution in [3.63, 3.8) is 0 Å². The van der Waals surface area contributed by atoms with E-state index in [1.165, 1.54) is 18.4 Å². The maximum absolute atomic E-state index is 13.5. The maximum atomic E-state index is 13.5. The van der Waals surface area contributed by atoms with Crippen LogP contribution in [0.2, 0.25) is 0 Å². The standard InChI is InChI=1S/C25H33N3O5S/c1-5-27(15-17(2)25(31)32-4)16-20(29)26-23-21(24(30)28-11-13-33-14-12-28)18(3)22(34-23)19-9-7-6-8-10-19/h6-10,17H,5,11-16H2,1-4H3,(H,26,29). The molecule has 1 atom stereocenters. The van der Waals surface area contributed by atoms with Gasteiger partial charge in [0.15, 0.2) is 0 Å². The van der Waals surface area contributed by atoms with Crippen LogP contribution < -0.4 is 5.32 Å². The van der Waals surface area contributed by atoms with E-state index in [9.17, 15) is 14.4 Å². The summed E-state index contributed by atoms with van der Waals surface area (Å²) in [5, 5.41) is 3.54. The highest BCUT2D eigenvalue weighted by atomic mass is 32.1. The third-order valence-corrected chi connectivity index (χ3v) is 7.15. The molecule has 1 unspecified atom stereocenters. The number of methoxy groups -OCH3 is 1. The summed E-state index contributed by atoms with van der Waals surface area (Å²) in [5.41, 5.74) is 2.39. The highest BCUT2D eigenvalue weighted by molar-refractivity contribution is 7.20. The quantitative estimate of drug-likeness (QED) is 0.546. The largest absolute Gasteiger partial charge is 0.469 e. The number of morpholine rings is 1. The number of ether oxygens (including phenoxy) is 2. The van der Waals surface area contributed by atoms with Crippen molar-refractivity contribution in [3.8, 4) is 10.4 Å². The molecule has 9 heteroatoms. The molecule has 3 rings (SSSR count). The lowest BCUT2D eigenvalue weighted by Crippen LogP contribution is -2.41. The highest BCUT2D eigenvalue weighted by Crippen LogP contribution is 2.40. The van der Waals surface area contributed by atoms with Gasteiger partial charge in [-0.15, -0.1) is 11.3 Å². The fourth-order valence-electron chi connectivity index (χ4n) is 3.99. The van der Waals surface area contributed by atoms with E-state index in [1.54, 1.807) is 11.8 Å². The minimum Gasteiger partial charge on any atom is -0.469 e. The van der Waals surface area contributed by atoms with Gasteiger partial charge in [-0.05, 0) is 24.6 Å². The van der Waals surface area contributed by atoms with Gasteiger partial charge in [0, 0.05) is 24.5 Å². The van der Waals surface area contributed by atoms with E-state index in [1.807, 2.05) is 49.1 Å². The van der Waals surface area contributed by atoms with Crippen LogP contribution in [-0.4, -0.2) is 80.6 Å². The molecule has 0 bridgehead atoms. The Labute approximate surface area is 204 Å². The van der Waals surface area contributed by atoms with Crippen LogP contribution in [0, 0.1) is 12.8 Å². The predicted molar refractivity (Wildman–Crippen MR) is 133 cm³/mol. The summed E-state index contributed by atoms with van der Waals surface area (Å²) in [6, 6.07) is 9.86. The topological polar surface area (TPSA) is 88.2 Å². The average Bonchev–Trinajstić information content (AvgIpc) is 3.18. The second-order valence-corrected chi connectivity index (χ2v) is 9.35. The molecule has 2 amide bonds. The molecule has 2 heterocycles. The molecule has 1 aliphatic heterocycles. The molecular formula is C25H33N3O5S. The molecule has 2 aromatic rings. The Kier molecular flexibility index (Phi) is 9.20. The molecule has 1 aliphatic rings. The first-order valence-corrected chi connectivity index (χ1v) is 12.3. The van der Waals surface area contributed by atoms with E-state index in [4.69, 9.17) is 9.47 Å². The van der Waals surface area contributed by atoms with Crippen LogP contribution in [0.3, 0.4) is 0 Å². The predicted octanol–water partition coefficient (Wildman–Crippen LogP) is 3.27. The van der Waals surface area contributed by atoms with Crippen molar-refractivity contribution in [2.24, 2.45) is 5.92 Å². The molecule has 1 saturated heterocycles. The average molecular weight is 488 g/mol. The molecule has 1 aromatic carbocycles. The molecule has 0 spiro atoms. The molecule has 184 valence electrons. The molecule has 1 aromatic heterocycles. The lowest BCUT2D eigenvalue weighted by atomic mass is 10.1.